The van der Waals surface area contributed by atoms with Crippen LogP contribution in [-0.2, 0) is 0 Å². The Hall–Kier alpha value is -1.08. The monoisotopic (exact) mass is 187 g/mol. The summed E-state index contributed by atoms with van der Waals surface area (Å²) in [5.41, 5.74) is 10.1. The predicted octanol–water partition coefficient (Wildman–Crippen LogP) is 3.11. The lowest BCUT2D eigenvalue weighted by Gasteiger charge is -2.13. The van der Waals surface area contributed by atoms with E-state index in [2.05, 4.69) is 37.3 Å². The molecule has 1 unspecified atom stereocenters. The Morgan fingerprint density at radius 3 is 2.50 bits per heavy atom. The molecule has 0 amide bonds. The molecule has 0 aliphatic heterocycles. The molecule has 1 aromatic rings. The summed E-state index contributed by atoms with van der Waals surface area (Å²) < 4.78 is 0. The molecule has 0 saturated heterocycles. The number of aryl methyl sites for hydroxylation is 1. The van der Waals surface area contributed by atoms with Gasteiger partial charge in [0.2, 0.25) is 0 Å². The first-order valence-electron chi connectivity index (χ1n) is 5.28. The van der Waals surface area contributed by atoms with Gasteiger partial charge in [0.05, 0.1) is 6.04 Å². The van der Waals surface area contributed by atoms with Crippen molar-refractivity contribution in [2.75, 3.05) is 0 Å². The fourth-order valence-corrected chi connectivity index (χ4v) is 1.97. The lowest BCUT2D eigenvalue weighted by Crippen LogP contribution is -2.11. The second kappa shape index (κ2) is 3.97. The van der Waals surface area contributed by atoms with Crippen molar-refractivity contribution in [2.24, 2.45) is 5.73 Å². The molecule has 2 N–H and O–H groups in total. The fraction of sp³-hybridized carbons (Fsp3) is 0.385. The molecule has 1 aromatic carbocycles. The summed E-state index contributed by atoms with van der Waals surface area (Å²) in [4.78, 5) is 0. The van der Waals surface area contributed by atoms with E-state index in [1.807, 2.05) is 0 Å². The Balaban J connectivity index is 2.18. The average molecular weight is 187 g/mol. The van der Waals surface area contributed by atoms with Crippen LogP contribution in [0.5, 0.6) is 0 Å². The van der Waals surface area contributed by atoms with Gasteiger partial charge in [-0.1, -0.05) is 41.5 Å². The molecule has 0 saturated carbocycles. The highest BCUT2D eigenvalue weighted by molar-refractivity contribution is 5.31. The summed E-state index contributed by atoms with van der Waals surface area (Å²) in [6.45, 7) is 2.10. The topological polar surface area (TPSA) is 26.0 Å². The minimum Gasteiger partial charge on any atom is -0.321 e. The van der Waals surface area contributed by atoms with Crippen LogP contribution in [0.15, 0.2) is 35.9 Å². The van der Waals surface area contributed by atoms with Gasteiger partial charge in [0, 0.05) is 0 Å². The molecule has 1 nitrogen and oxygen atoms in total. The highest BCUT2D eigenvalue weighted by atomic mass is 14.6. The summed E-state index contributed by atoms with van der Waals surface area (Å²) in [6.07, 6.45) is 5.95. The molecular weight excluding hydrogens is 170 g/mol. The SMILES string of the molecule is Cc1ccc(C(N)C2=CCCC2)cc1. The molecule has 0 radical (unpaired) electrons. The Morgan fingerprint density at radius 2 is 1.93 bits per heavy atom. The third-order valence-corrected chi connectivity index (χ3v) is 2.91. The van der Waals surface area contributed by atoms with Gasteiger partial charge in [-0.3, -0.25) is 0 Å². The van der Waals surface area contributed by atoms with Crippen molar-refractivity contribution < 1.29 is 0 Å². The zero-order chi connectivity index (χ0) is 9.97. The first kappa shape index (κ1) is 9.47. The molecule has 0 aromatic heterocycles. The number of rotatable bonds is 2. The van der Waals surface area contributed by atoms with E-state index in [-0.39, 0.29) is 6.04 Å². The zero-order valence-electron chi connectivity index (χ0n) is 8.66. The van der Waals surface area contributed by atoms with E-state index < -0.39 is 0 Å². The Kier molecular flexibility index (Phi) is 2.69. The number of hydrogen-bond acceptors (Lipinski definition) is 1. The Labute approximate surface area is 85.6 Å². The first-order chi connectivity index (χ1) is 6.77. The summed E-state index contributed by atoms with van der Waals surface area (Å²) in [5.74, 6) is 0. The highest BCUT2D eigenvalue weighted by Crippen LogP contribution is 2.28. The maximum absolute atomic E-state index is 6.18. The molecule has 0 heterocycles. The molecule has 14 heavy (non-hydrogen) atoms. The van der Waals surface area contributed by atoms with Crippen LogP contribution in [0.1, 0.15) is 36.4 Å². The van der Waals surface area contributed by atoms with E-state index >= 15 is 0 Å². The van der Waals surface area contributed by atoms with Crippen molar-refractivity contribution in [1.82, 2.24) is 0 Å². The molecule has 1 aliphatic carbocycles. The molecule has 74 valence electrons. The summed E-state index contributed by atoms with van der Waals surface area (Å²) in [7, 11) is 0. The van der Waals surface area contributed by atoms with E-state index in [0.29, 0.717) is 0 Å². The fourth-order valence-electron chi connectivity index (χ4n) is 1.97. The normalized spacial score (nSPS) is 18.0. The number of benzene rings is 1. The van der Waals surface area contributed by atoms with Crippen LogP contribution in [-0.4, -0.2) is 0 Å². The second-order valence-electron chi connectivity index (χ2n) is 4.06. The molecule has 1 heteroatoms. The first-order valence-corrected chi connectivity index (χ1v) is 5.28. The van der Waals surface area contributed by atoms with Crippen LogP contribution in [0.3, 0.4) is 0 Å². The summed E-state index contributed by atoms with van der Waals surface area (Å²) in [5, 5.41) is 0. The zero-order valence-corrected chi connectivity index (χ0v) is 8.66. The van der Waals surface area contributed by atoms with Crippen LogP contribution in [0.25, 0.3) is 0 Å². The highest BCUT2D eigenvalue weighted by Gasteiger charge is 2.14. The Morgan fingerprint density at radius 1 is 1.21 bits per heavy atom. The van der Waals surface area contributed by atoms with Crippen molar-refractivity contribution in [1.29, 1.82) is 0 Å². The smallest absolute Gasteiger partial charge is 0.0510 e. The van der Waals surface area contributed by atoms with Gasteiger partial charge < -0.3 is 5.73 Å². The van der Waals surface area contributed by atoms with Gasteiger partial charge in [-0.05, 0) is 31.7 Å². The van der Waals surface area contributed by atoms with Crippen LogP contribution in [0.2, 0.25) is 0 Å². The quantitative estimate of drug-likeness (QED) is 0.707. The van der Waals surface area contributed by atoms with Gasteiger partial charge in [0.1, 0.15) is 0 Å². The average Bonchev–Trinajstić information content (AvgIpc) is 2.71. The van der Waals surface area contributed by atoms with Crippen LogP contribution in [0, 0.1) is 6.92 Å². The van der Waals surface area contributed by atoms with Gasteiger partial charge in [-0.15, -0.1) is 0 Å². The van der Waals surface area contributed by atoms with E-state index in [1.165, 1.54) is 36.0 Å². The standard InChI is InChI=1S/C13H17N/c1-10-6-8-12(9-7-10)13(14)11-4-2-3-5-11/h4,6-9,13H,2-3,5,14H2,1H3. The molecule has 2 rings (SSSR count). The summed E-state index contributed by atoms with van der Waals surface area (Å²) in [6, 6.07) is 8.66. The van der Waals surface area contributed by atoms with Crippen LogP contribution < -0.4 is 5.73 Å². The number of allylic oxidation sites excluding steroid dienone is 1. The third kappa shape index (κ3) is 1.88. The van der Waals surface area contributed by atoms with Gasteiger partial charge in [-0.25, -0.2) is 0 Å². The third-order valence-electron chi connectivity index (χ3n) is 2.91. The van der Waals surface area contributed by atoms with Gasteiger partial charge >= 0.3 is 0 Å². The maximum atomic E-state index is 6.18. The minimum atomic E-state index is 0.123. The molecule has 0 bridgehead atoms. The van der Waals surface area contributed by atoms with Crippen molar-refractivity contribution >= 4 is 0 Å². The molecule has 0 fully saturated rings. The molecular formula is C13H17N. The van der Waals surface area contributed by atoms with Crippen LogP contribution in [0.4, 0.5) is 0 Å². The van der Waals surface area contributed by atoms with E-state index in [9.17, 15) is 0 Å². The van der Waals surface area contributed by atoms with Gasteiger partial charge in [0.25, 0.3) is 0 Å². The van der Waals surface area contributed by atoms with Gasteiger partial charge in [-0.2, -0.15) is 0 Å². The lowest BCUT2D eigenvalue weighted by molar-refractivity contribution is 0.784. The Bertz CT molecular complexity index is 335. The van der Waals surface area contributed by atoms with Crippen molar-refractivity contribution in [3.05, 3.63) is 47.0 Å². The number of nitrogens with two attached hydrogens (primary N) is 1. The lowest BCUT2D eigenvalue weighted by atomic mass is 9.98. The number of hydrogen-bond donors (Lipinski definition) is 1. The second-order valence-corrected chi connectivity index (χ2v) is 4.06. The van der Waals surface area contributed by atoms with E-state index in [4.69, 9.17) is 5.73 Å². The predicted molar refractivity (Wildman–Crippen MR) is 60.0 cm³/mol. The van der Waals surface area contributed by atoms with Gasteiger partial charge in [0.15, 0.2) is 0 Å². The largest absolute Gasteiger partial charge is 0.321 e. The van der Waals surface area contributed by atoms with Crippen LogP contribution >= 0.6 is 0 Å². The summed E-state index contributed by atoms with van der Waals surface area (Å²) >= 11 is 0. The van der Waals surface area contributed by atoms with Crippen molar-refractivity contribution in [2.45, 2.75) is 32.2 Å². The molecule has 1 aliphatic rings. The van der Waals surface area contributed by atoms with E-state index in [1.54, 1.807) is 0 Å². The molecule has 0 spiro atoms. The minimum absolute atomic E-state index is 0.123. The van der Waals surface area contributed by atoms with Crippen molar-refractivity contribution in [3.8, 4) is 0 Å². The molecule has 1 atom stereocenters. The maximum Gasteiger partial charge on any atom is 0.0510 e. The van der Waals surface area contributed by atoms with E-state index in [0.717, 1.165) is 0 Å². The van der Waals surface area contributed by atoms with Crippen molar-refractivity contribution in [3.63, 3.8) is 0 Å².